The monoisotopic (exact) mass is 275 g/mol. The molecule has 2 aromatic rings. The number of benzene rings is 1. The van der Waals surface area contributed by atoms with Crippen molar-refractivity contribution in [2.45, 2.75) is 6.54 Å². The number of carbonyl (C=O) groups excluding carboxylic acids is 1. The van der Waals surface area contributed by atoms with E-state index in [0.29, 0.717) is 17.7 Å². The third-order valence-corrected chi connectivity index (χ3v) is 3.55. The van der Waals surface area contributed by atoms with E-state index in [2.05, 4.69) is 11.6 Å². The normalized spacial score (nSPS) is 12.9. The SMILES string of the molecule is C=C(C#N)CN1Cc2c(cccc2-c2cccnc2)C1=O. The van der Waals surface area contributed by atoms with E-state index >= 15 is 0 Å². The van der Waals surface area contributed by atoms with Gasteiger partial charge in [-0.15, -0.1) is 0 Å². The van der Waals surface area contributed by atoms with E-state index in [1.165, 1.54) is 0 Å². The van der Waals surface area contributed by atoms with Crippen LogP contribution in [-0.4, -0.2) is 22.3 Å². The van der Waals surface area contributed by atoms with Gasteiger partial charge in [0.15, 0.2) is 0 Å². The Bertz CT molecular complexity index is 759. The summed E-state index contributed by atoms with van der Waals surface area (Å²) in [6.45, 7) is 4.42. The van der Waals surface area contributed by atoms with Gasteiger partial charge in [0.2, 0.25) is 0 Å². The Morgan fingerprint density at radius 3 is 2.86 bits per heavy atom. The molecule has 0 radical (unpaired) electrons. The average molecular weight is 275 g/mol. The van der Waals surface area contributed by atoms with Crippen molar-refractivity contribution in [1.29, 1.82) is 5.26 Å². The molecule has 0 aliphatic carbocycles. The number of nitrogens with zero attached hydrogens (tertiary/aromatic N) is 3. The summed E-state index contributed by atoms with van der Waals surface area (Å²) in [7, 11) is 0. The maximum atomic E-state index is 12.4. The minimum absolute atomic E-state index is 0.0489. The van der Waals surface area contributed by atoms with Crippen molar-refractivity contribution in [3.8, 4) is 17.2 Å². The number of amides is 1. The lowest BCUT2D eigenvalue weighted by Crippen LogP contribution is -2.25. The number of hydrogen-bond donors (Lipinski definition) is 0. The molecule has 1 aliphatic heterocycles. The maximum absolute atomic E-state index is 12.4. The third kappa shape index (κ3) is 2.30. The van der Waals surface area contributed by atoms with Crippen molar-refractivity contribution < 1.29 is 4.79 Å². The van der Waals surface area contributed by atoms with Crippen LogP contribution in [0.5, 0.6) is 0 Å². The van der Waals surface area contributed by atoms with Gasteiger partial charge in [0, 0.05) is 35.6 Å². The van der Waals surface area contributed by atoms with Gasteiger partial charge in [-0.1, -0.05) is 24.8 Å². The van der Waals surface area contributed by atoms with Crippen molar-refractivity contribution in [2.75, 3.05) is 6.54 Å². The van der Waals surface area contributed by atoms with Crippen LogP contribution in [0.3, 0.4) is 0 Å². The molecule has 1 aromatic carbocycles. The molecule has 0 fully saturated rings. The summed E-state index contributed by atoms with van der Waals surface area (Å²) in [4.78, 5) is 18.2. The van der Waals surface area contributed by atoms with Crippen molar-refractivity contribution >= 4 is 5.91 Å². The third-order valence-electron chi connectivity index (χ3n) is 3.55. The zero-order chi connectivity index (χ0) is 14.8. The van der Waals surface area contributed by atoms with Gasteiger partial charge in [0.25, 0.3) is 5.91 Å². The Hall–Kier alpha value is -2.93. The second-order valence-corrected chi connectivity index (χ2v) is 4.95. The van der Waals surface area contributed by atoms with E-state index in [0.717, 1.165) is 16.7 Å². The lowest BCUT2D eigenvalue weighted by molar-refractivity contribution is 0.0794. The Balaban J connectivity index is 2.00. The van der Waals surface area contributed by atoms with E-state index in [9.17, 15) is 4.79 Å². The fraction of sp³-hybridized carbons (Fsp3) is 0.118. The fourth-order valence-corrected chi connectivity index (χ4v) is 2.58. The van der Waals surface area contributed by atoms with E-state index in [1.54, 1.807) is 17.3 Å². The summed E-state index contributed by atoms with van der Waals surface area (Å²) < 4.78 is 0. The van der Waals surface area contributed by atoms with Crippen molar-refractivity contribution in [3.63, 3.8) is 0 Å². The van der Waals surface area contributed by atoms with Gasteiger partial charge < -0.3 is 4.90 Å². The summed E-state index contributed by atoms with van der Waals surface area (Å²) in [5.74, 6) is -0.0489. The van der Waals surface area contributed by atoms with Crippen LogP contribution in [0.15, 0.2) is 54.9 Å². The van der Waals surface area contributed by atoms with Crippen molar-refractivity contribution in [2.24, 2.45) is 0 Å². The number of aromatic nitrogens is 1. The Labute approximate surface area is 123 Å². The van der Waals surface area contributed by atoms with Gasteiger partial charge in [-0.3, -0.25) is 9.78 Å². The van der Waals surface area contributed by atoms with Crippen LogP contribution in [-0.2, 0) is 6.54 Å². The van der Waals surface area contributed by atoms with Crippen LogP contribution in [0, 0.1) is 11.3 Å². The first kappa shape index (κ1) is 13.1. The summed E-state index contributed by atoms with van der Waals surface area (Å²) in [5.41, 5.74) is 4.07. The Morgan fingerprint density at radius 2 is 2.14 bits per heavy atom. The van der Waals surface area contributed by atoms with E-state index in [4.69, 9.17) is 5.26 Å². The Morgan fingerprint density at radius 1 is 1.33 bits per heavy atom. The number of fused-ring (bicyclic) bond motifs is 1. The maximum Gasteiger partial charge on any atom is 0.254 e. The minimum atomic E-state index is -0.0489. The molecule has 4 nitrogen and oxygen atoms in total. The van der Waals surface area contributed by atoms with Crippen LogP contribution in [0.1, 0.15) is 15.9 Å². The molecule has 0 atom stereocenters. The van der Waals surface area contributed by atoms with Gasteiger partial charge >= 0.3 is 0 Å². The fourth-order valence-electron chi connectivity index (χ4n) is 2.58. The minimum Gasteiger partial charge on any atom is -0.329 e. The topological polar surface area (TPSA) is 57.0 Å². The highest BCUT2D eigenvalue weighted by Crippen LogP contribution is 2.32. The zero-order valence-corrected chi connectivity index (χ0v) is 11.4. The van der Waals surface area contributed by atoms with Crippen LogP contribution in [0.25, 0.3) is 11.1 Å². The zero-order valence-electron chi connectivity index (χ0n) is 11.4. The number of nitriles is 1. The first-order valence-corrected chi connectivity index (χ1v) is 6.60. The molecule has 0 spiro atoms. The lowest BCUT2D eigenvalue weighted by Gasteiger charge is -2.14. The van der Waals surface area contributed by atoms with Crippen LogP contribution >= 0.6 is 0 Å². The number of rotatable bonds is 3. The number of pyridine rings is 1. The standard InChI is InChI=1S/C17H13N3O/c1-12(8-18)10-20-11-16-14(13-4-3-7-19-9-13)5-2-6-15(16)17(20)21/h2-7,9H,1,10-11H2. The predicted molar refractivity (Wildman–Crippen MR) is 79.2 cm³/mol. The van der Waals surface area contributed by atoms with Crippen LogP contribution < -0.4 is 0 Å². The summed E-state index contributed by atoms with van der Waals surface area (Å²) in [6.07, 6.45) is 3.51. The molecular formula is C17H13N3O. The molecule has 0 saturated heterocycles. The summed E-state index contributed by atoms with van der Waals surface area (Å²) in [5, 5.41) is 8.84. The molecule has 1 aliphatic rings. The van der Waals surface area contributed by atoms with E-state index in [-0.39, 0.29) is 12.5 Å². The molecule has 0 saturated carbocycles. The molecule has 3 rings (SSSR count). The molecule has 1 amide bonds. The molecule has 102 valence electrons. The van der Waals surface area contributed by atoms with Crippen molar-refractivity contribution in [3.05, 3.63) is 66.0 Å². The van der Waals surface area contributed by atoms with E-state index in [1.807, 2.05) is 36.4 Å². The van der Waals surface area contributed by atoms with Gasteiger partial charge in [-0.25, -0.2) is 0 Å². The quantitative estimate of drug-likeness (QED) is 0.809. The van der Waals surface area contributed by atoms with Crippen molar-refractivity contribution in [1.82, 2.24) is 9.88 Å². The summed E-state index contributed by atoms with van der Waals surface area (Å²) >= 11 is 0. The molecular weight excluding hydrogens is 262 g/mol. The van der Waals surface area contributed by atoms with E-state index < -0.39 is 0 Å². The first-order chi connectivity index (χ1) is 10.2. The smallest absolute Gasteiger partial charge is 0.254 e. The molecule has 21 heavy (non-hydrogen) atoms. The highest BCUT2D eigenvalue weighted by Gasteiger charge is 2.29. The summed E-state index contributed by atoms with van der Waals surface area (Å²) in [6, 6.07) is 11.5. The lowest BCUT2D eigenvalue weighted by atomic mass is 9.98. The molecule has 0 unspecified atom stereocenters. The van der Waals surface area contributed by atoms with Gasteiger partial charge in [-0.05, 0) is 23.3 Å². The molecule has 1 aromatic heterocycles. The van der Waals surface area contributed by atoms with Gasteiger partial charge in [-0.2, -0.15) is 5.26 Å². The second kappa shape index (κ2) is 5.22. The average Bonchev–Trinajstić information content (AvgIpc) is 2.84. The second-order valence-electron chi connectivity index (χ2n) is 4.95. The van der Waals surface area contributed by atoms with Crippen LogP contribution in [0.4, 0.5) is 0 Å². The molecule has 0 bridgehead atoms. The largest absolute Gasteiger partial charge is 0.329 e. The number of hydrogen-bond acceptors (Lipinski definition) is 3. The predicted octanol–water partition coefficient (Wildman–Crippen LogP) is 2.78. The molecule has 4 heteroatoms. The van der Waals surface area contributed by atoms with Crippen LogP contribution in [0.2, 0.25) is 0 Å². The highest BCUT2D eigenvalue weighted by atomic mass is 16.2. The van der Waals surface area contributed by atoms with Gasteiger partial charge in [0.05, 0.1) is 12.6 Å². The highest BCUT2D eigenvalue weighted by molar-refractivity contribution is 6.00. The first-order valence-electron chi connectivity index (χ1n) is 6.60. The van der Waals surface area contributed by atoms with Gasteiger partial charge in [0.1, 0.15) is 0 Å². The number of carbonyl (C=O) groups is 1. The molecule has 0 N–H and O–H groups in total. The Kier molecular flexibility index (Phi) is 3.25. The molecule has 2 heterocycles.